The van der Waals surface area contributed by atoms with Crippen LogP contribution < -0.4 is 16.0 Å². The van der Waals surface area contributed by atoms with Gasteiger partial charge in [0.15, 0.2) is 0 Å². The summed E-state index contributed by atoms with van der Waals surface area (Å²) in [5, 5.41) is 9.38. The van der Waals surface area contributed by atoms with Crippen molar-refractivity contribution in [1.82, 2.24) is 15.5 Å². The molecule has 1 atom stereocenters. The van der Waals surface area contributed by atoms with Gasteiger partial charge in [-0.05, 0) is 56.8 Å². The van der Waals surface area contributed by atoms with E-state index in [4.69, 9.17) is 0 Å². The average molecular weight is 344 g/mol. The highest BCUT2D eigenvalue weighted by atomic mass is 16.2. The minimum absolute atomic E-state index is 0.0651. The van der Waals surface area contributed by atoms with E-state index in [0.29, 0.717) is 25.4 Å². The van der Waals surface area contributed by atoms with Gasteiger partial charge in [0, 0.05) is 31.2 Å². The molecule has 2 heterocycles. The Labute approximate surface area is 149 Å². The largest absolute Gasteiger partial charge is 0.353 e. The third-order valence-corrected chi connectivity index (χ3v) is 5.11. The van der Waals surface area contributed by atoms with Gasteiger partial charge in [-0.2, -0.15) is 0 Å². The van der Waals surface area contributed by atoms with E-state index < -0.39 is 0 Å². The quantitative estimate of drug-likeness (QED) is 0.767. The number of amides is 3. The number of nitrogens with zero attached hydrogens (tertiary/aromatic N) is 1. The number of benzene rings is 1. The molecular weight excluding hydrogens is 316 g/mol. The molecule has 25 heavy (non-hydrogen) atoms. The van der Waals surface area contributed by atoms with Gasteiger partial charge in [0.2, 0.25) is 5.91 Å². The average Bonchev–Trinajstić information content (AvgIpc) is 3.15. The molecule has 136 valence electrons. The first kappa shape index (κ1) is 17.7. The lowest BCUT2D eigenvalue weighted by Crippen LogP contribution is -2.47. The molecule has 1 aromatic carbocycles. The lowest BCUT2D eigenvalue weighted by molar-refractivity contribution is -0.122. The van der Waals surface area contributed by atoms with Crippen LogP contribution in [0.25, 0.3) is 0 Å². The predicted octanol–water partition coefficient (Wildman–Crippen LogP) is 2.19. The summed E-state index contributed by atoms with van der Waals surface area (Å²) in [7, 11) is 0. The van der Waals surface area contributed by atoms with Crippen LogP contribution in [0.4, 0.5) is 10.5 Å². The highest BCUT2D eigenvalue weighted by molar-refractivity contribution is 5.89. The Morgan fingerprint density at radius 3 is 2.56 bits per heavy atom. The molecule has 6 nitrogen and oxygen atoms in total. The molecule has 0 saturated carbocycles. The first-order chi connectivity index (χ1) is 12.2. The molecule has 3 rings (SSSR count). The molecule has 3 amide bonds. The summed E-state index contributed by atoms with van der Waals surface area (Å²) in [5.74, 6) is 0.799. The highest BCUT2D eigenvalue weighted by Crippen LogP contribution is 2.16. The second-order valence-electron chi connectivity index (χ2n) is 7.02. The standard InChI is InChI=1S/C19H28N4O2/c24-18(7-6-15-8-11-20-14-15)21-17-9-12-23(13-10-17)19(25)22-16-4-2-1-3-5-16/h1-5,15,17,20H,6-14H2,(H,21,24)(H,22,25). The second kappa shape index (κ2) is 8.85. The second-order valence-corrected chi connectivity index (χ2v) is 7.02. The molecule has 0 spiro atoms. The van der Waals surface area contributed by atoms with Crippen molar-refractivity contribution in [1.29, 1.82) is 0 Å². The lowest BCUT2D eigenvalue weighted by Gasteiger charge is -2.32. The topological polar surface area (TPSA) is 73.5 Å². The fourth-order valence-corrected chi connectivity index (χ4v) is 3.55. The number of nitrogens with one attached hydrogen (secondary N) is 3. The number of rotatable bonds is 5. The molecule has 2 aliphatic heterocycles. The highest BCUT2D eigenvalue weighted by Gasteiger charge is 2.24. The molecule has 3 N–H and O–H groups in total. The van der Waals surface area contributed by atoms with Gasteiger partial charge in [-0.1, -0.05) is 18.2 Å². The Kier molecular flexibility index (Phi) is 6.28. The Morgan fingerprint density at radius 1 is 1.12 bits per heavy atom. The van der Waals surface area contributed by atoms with Gasteiger partial charge in [-0.3, -0.25) is 4.79 Å². The Bertz CT molecular complexity index is 564. The number of likely N-dealkylation sites (tertiary alicyclic amines) is 1. The summed E-state index contributed by atoms with van der Waals surface area (Å²) in [4.78, 5) is 26.2. The fraction of sp³-hybridized carbons (Fsp3) is 0.579. The van der Waals surface area contributed by atoms with Crippen LogP contribution in [0.1, 0.15) is 32.1 Å². The van der Waals surface area contributed by atoms with Crippen LogP contribution >= 0.6 is 0 Å². The van der Waals surface area contributed by atoms with E-state index in [1.165, 1.54) is 6.42 Å². The van der Waals surface area contributed by atoms with Gasteiger partial charge in [0.05, 0.1) is 0 Å². The van der Waals surface area contributed by atoms with Crippen LogP contribution in [-0.2, 0) is 4.79 Å². The van der Waals surface area contributed by atoms with Crippen LogP contribution in [0.15, 0.2) is 30.3 Å². The Balaban J connectivity index is 1.35. The zero-order chi connectivity index (χ0) is 17.5. The van der Waals surface area contributed by atoms with E-state index >= 15 is 0 Å². The minimum Gasteiger partial charge on any atom is -0.353 e. The van der Waals surface area contributed by atoms with Crippen molar-refractivity contribution in [3.05, 3.63) is 30.3 Å². The lowest BCUT2D eigenvalue weighted by atomic mass is 10.0. The number of carbonyl (C=O) groups is 2. The van der Waals surface area contributed by atoms with Gasteiger partial charge in [0.1, 0.15) is 0 Å². The number of hydrogen-bond donors (Lipinski definition) is 3. The maximum absolute atomic E-state index is 12.3. The summed E-state index contributed by atoms with van der Waals surface area (Å²) in [6.45, 7) is 3.48. The summed E-state index contributed by atoms with van der Waals surface area (Å²) < 4.78 is 0. The van der Waals surface area contributed by atoms with Crippen LogP contribution in [0.5, 0.6) is 0 Å². The fourth-order valence-electron chi connectivity index (χ4n) is 3.55. The Morgan fingerprint density at radius 2 is 1.88 bits per heavy atom. The molecule has 2 fully saturated rings. The molecule has 1 unspecified atom stereocenters. The maximum atomic E-state index is 12.3. The van der Waals surface area contributed by atoms with E-state index in [-0.39, 0.29) is 18.0 Å². The third kappa shape index (κ3) is 5.46. The van der Waals surface area contributed by atoms with Gasteiger partial charge in [0.25, 0.3) is 0 Å². The van der Waals surface area contributed by atoms with Crippen LogP contribution in [0, 0.1) is 5.92 Å². The summed E-state index contributed by atoms with van der Waals surface area (Å²) >= 11 is 0. The number of anilines is 1. The van der Waals surface area contributed by atoms with Gasteiger partial charge in [-0.25, -0.2) is 4.79 Å². The molecule has 1 aromatic rings. The molecule has 0 radical (unpaired) electrons. The number of carbonyl (C=O) groups excluding carboxylic acids is 2. The van der Waals surface area contributed by atoms with Crippen molar-refractivity contribution in [2.75, 3.05) is 31.5 Å². The molecule has 0 aromatic heterocycles. The Hall–Kier alpha value is -2.08. The molecular formula is C19H28N4O2. The molecule has 0 aliphatic carbocycles. The first-order valence-electron chi connectivity index (χ1n) is 9.32. The zero-order valence-electron chi connectivity index (χ0n) is 14.7. The summed E-state index contributed by atoms with van der Waals surface area (Å²) in [6, 6.07) is 9.61. The van der Waals surface area contributed by atoms with Crippen molar-refractivity contribution in [2.45, 2.75) is 38.1 Å². The minimum atomic E-state index is -0.0651. The third-order valence-electron chi connectivity index (χ3n) is 5.11. The van der Waals surface area contributed by atoms with Gasteiger partial charge < -0.3 is 20.9 Å². The van der Waals surface area contributed by atoms with Crippen LogP contribution in [0.2, 0.25) is 0 Å². The number of piperidine rings is 1. The van der Waals surface area contributed by atoms with E-state index in [1.807, 2.05) is 35.2 Å². The van der Waals surface area contributed by atoms with Crippen molar-refractivity contribution in [3.63, 3.8) is 0 Å². The van der Waals surface area contributed by atoms with E-state index in [9.17, 15) is 9.59 Å². The summed E-state index contributed by atoms with van der Waals surface area (Å²) in [5.41, 5.74) is 0.810. The summed E-state index contributed by atoms with van der Waals surface area (Å²) in [6.07, 6.45) is 4.40. The predicted molar refractivity (Wildman–Crippen MR) is 98.4 cm³/mol. The number of hydrogen-bond acceptors (Lipinski definition) is 3. The molecule has 6 heteroatoms. The van der Waals surface area contributed by atoms with Crippen molar-refractivity contribution >= 4 is 17.6 Å². The maximum Gasteiger partial charge on any atom is 0.321 e. The molecule has 2 saturated heterocycles. The first-order valence-corrected chi connectivity index (χ1v) is 9.32. The normalized spacial score (nSPS) is 21.1. The number of urea groups is 1. The van der Waals surface area contributed by atoms with Gasteiger partial charge >= 0.3 is 6.03 Å². The van der Waals surface area contributed by atoms with Crippen molar-refractivity contribution in [3.8, 4) is 0 Å². The monoisotopic (exact) mass is 344 g/mol. The molecule has 0 bridgehead atoms. The molecule has 2 aliphatic rings. The van der Waals surface area contributed by atoms with E-state index in [0.717, 1.165) is 38.0 Å². The van der Waals surface area contributed by atoms with Crippen molar-refractivity contribution in [2.24, 2.45) is 5.92 Å². The van der Waals surface area contributed by atoms with Crippen LogP contribution in [-0.4, -0.2) is 49.1 Å². The van der Waals surface area contributed by atoms with Crippen LogP contribution in [0.3, 0.4) is 0 Å². The SMILES string of the molecule is O=C(CCC1CCNC1)NC1CCN(C(=O)Nc2ccccc2)CC1. The van der Waals surface area contributed by atoms with Crippen molar-refractivity contribution < 1.29 is 9.59 Å². The number of para-hydroxylation sites is 1. The smallest absolute Gasteiger partial charge is 0.321 e. The zero-order valence-corrected chi connectivity index (χ0v) is 14.7. The van der Waals surface area contributed by atoms with E-state index in [2.05, 4.69) is 16.0 Å². The van der Waals surface area contributed by atoms with Gasteiger partial charge in [-0.15, -0.1) is 0 Å². The van der Waals surface area contributed by atoms with E-state index in [1.54, 1.807) is 0 Å².